The molecule has 14 nitrogen and oxygen atoms in total. The minimum atomic E-state index is -0.991. The average Bonchev–Trinajstić information content (AvgIpc) is 3.16. The minimum absolute atomic E-state index is 0.0248. The molecule has 0 aromatic heterocycles. The number of carbonyl (C=O) groups is 5. The third-order valence-electron chi connectivity index (χ3n) is 12.5. The number of amides is 1. The van der Waals surface area contributed by atoms with E-state index in [4.69, 9.17) is 23.8 Å². The van der Waals surface area contributed by atoms with Crippen LogP contribution in [0.4, 0.5) is 0 Å². The van der Waals surface area contributed by atoms with Gasteiger partial charge in [-0.15, -0.1) is 0 Å². The Morgan fingerprint density at radius 3 is 1.46 bits per heavy atom. The first kappa shape index (κ1) is 40.4. The second kappa shape index (κ2) is 19.5. The molecule has 5 rings (SSSR count). The molecular weight excluding hydrogens is 676 g/mol. The normalized spacial score (nSPS) is 37.0. The summed E-state index contributed by atoms with van der Waals surface area (Å²) in [6.45, 7) is 0.250. The second-order valence-electron chi connectivity index (χ2n) is 15.9. The molecule has 0 aromatic carbocycles. The number of carboxylic acid groups (broad SMARTS) is 2. The summed E-state index contributed by atoms with van der Waals surface area (Å²) in [5.74, 6) is -5.77. The van der Waals surface area contributed by atoms with Crippen molar-refractivity contribution in [2.75, 3.05) is 20.8 Å². The highest BCUT2D eigenvalue weighted by atomic mass is 16.6. The topological polar surface area (TPSA) is 196 Å². The van der Waals surface area contributed by atoms with Crippen LogP contribution in [0, 0.1) is 35.5 Å². The van der Waals surface area contributed by atoms with Gasteiger partial charge in [0.15, 0.2) is 0 Å². The number of aliphatic carboxylic acids is 2. The van der Waals surface area contributed by atoms with Crippen molar-refractivity contribution >= 4 is 29.8 Å². The van der Waals surface area contributed by atoms with E-state index < -0.39 is 35.6 Å². The number of carbonyl (C=O) groups excluding carboxylic acids is 3. The Kier molecular flexibility index (Phi) is 15.1. The molecule has 6 atom stereocenters. The fraction of sp³-hybridized carbons (Fsp3) is 0.868. The standard InChI is InChI=1S/C38H60N2O12/c1-48-37(46)22-3-17-31(35(42)43)24(19-22)21-50-40-26-7-11-28(12-8-26)52-30-15-13-29(14-16-30)51-27-9-5-25(6-10-27)39-34(41)33-20-23(38(47)49-2)4-18-32(33)36(44)45/h22-33,40H,3-21H2,1-2H3,(H,39,41)(H,42,43)(H,44,45). The van der Waals surface area contributed by atoms with Gasteiger partial charge in [-0.05, 0) is 121 Å². The van der Waals surface area contributed by atoms with Gasteiger partial charge in [-0.3, -0.25) is 24.0 Å². The van der Waals surface area contributed by atoms with Gasteiger partial charge in [-0.1, -0.05) is 0 Å². The van der Waals surface area contributed by atoms with E-state index in [2.05, 4.69) is 10.8 Å². The van der Waals surface area contributed by atoms with Crippen molar-refractivity contribution in [3.05, 3.63) is 0 Å². The van der Waals surface area contributed by atoms with Gasteiger partial charge in [0.1, 0.15) is 0 Å². The van der Waals surface area contributed by atoms with Gasteiger partial charge in [0, 0.05) is 12.1 Å². The van der Waals surface area contributed by atoms with Crippen molar-refractivity contribution in [1.82, 2.24) is 10.8 Å². The van der Waals surface area contributed by atoms with Gasteiger partial charge < -0.3 is 39.3 Å². The Morgan fingerprint density at radius 2 is 0.981 bits per heavy atom. The summed E-state index contributed by atoms with van der Waals surface area (Å²) in [7, 11) is 2.68. The lowest BCUT2D eigenvalue weighted by Gasteiger charge is -2.37. The zero-order valence-corrected chi connectivity index (χ0v) is 30.8. The van der Waals surface area contributed by atoms with Crippen LogP contribution in [0.15, 0.2) is 0 Å². The summed E-state index contributed by atoms with van der Waals surface area (Å²) >= 11 is 0. The molecule has 0 aromatic rings. The lowest BCUT2D eigenvalue weighted by Crippen LogP contribution is -2.47. The van der Waals surface area contributed by atoms with Crippen LogP contribution >= 0.6 is 0 Å². The Balaban J connectivity index is 0.937. The number of hydrogen-bond acceptors (Lipinski definition) is 11. The van der Waals surface area contributed by atoms with Crippen LogP contribution in [0.3, 0.4) is 0 Å². The van der Waals surface area contributed by atoms with Crippen molar-refractivity contribution in [2.24, 2.45) is 35.5 Å². The zero-order chi connectivity index (χ0) is 37.2. The van der Waals surface area contributed by atoms with Crippen molar-refractivity contribution in [1.29, 1.82) is 0 Å². The third kappa shape index (κ3) is 11.1. The molecule has 14 heteroatoms. The summed E-state index contributed by atoms with van der Waals surface area (Å²) in [6.07, 6.45) is 13.9. The molecule has 52 heavy (non-hydrogen) atoms. The van der Waals surface area contributed by atoms with Gasteiger partial charge >= 0.3 is 23.9 Å². The molecule has 0 spiro atoms. The molecule has 0 radical (unpaired) electrons. The highest BCUT2D eigenvalue weighted by Gasteiger charge is 2.43. The SMILES string of the molecule is COC(=O)C1CCC(C(=O)O)C(CONC2CCC(OC3CCC(OC4CCC(NC(=O)C5CC(C(=O)OC)CCC5C(=O)O)CC4)CC3)CC2)C1. The molecule has 0 heterocycles. The summed E-state index contributed by atoms with van der Waals surface area (Å²) in [4.78, 5) is 66.7. The number of carboxylic acids is 2. The summed E-state index contributed by atoms with van der Waals surface area (Å²) < 4.78 is 22.8. The molecule has 6 unspecified atom stereocenters. The number of esters is 2. The van der Waals surface area contributed by atoms with Gasteiger partial charge in [-0.2, -0.15) is 5.48 Å². The van der Waals surface area contributed by atoms with E-state index in [1.165, 1.54) is 14.2 Å². The van der Waals surface area contributed by atoms with Crippen LogP contribution in [0.2, 0.25) is 0 Å². The van der Waals surface area contributed by atoms with E-state index in [9.17, 15) is 34.2 Å². The van der Waals surface area contributed by atoms with E-state index in [0.29, 0.717) is 25.7 Å². The van der Waals surface area contributed by atoms with Crippen LogP contribution < -0.4 is 10.8 Å². The predicted octanol–water partition coefficient (Wildman–Crippen LogP) is 4.17. The average molecular weight is 737 g/mol. The van der Waals surface area contributed by atoms with Crippen molar-refractivity contribution in [3.63, 3.8) is 0 Å². The largest absolute Gasteiger partial charge is 0.481 e. The van der Waals surface area contributed by atoms with Gasteiger partial charge in [0.2, 0.25) is 5.91 Å². The summed E-state index contributed by atoms with van der Waals surface area (Å²) in [5.41, 5.74) is 3.16. The van der Waals surface area contributed by atoms with Crippen LogP contribution in [-0.2, 0) is 47.8 Å². The summed E-state index contributed by atoms with van der Waals surface area (Å²) in [5, 5.41) is 22.4. The van der Waals surface area contributed by atoms with Gasteiger partial charge in [0.25, 0.3) is 0 Å². The molecule has 5 aliphatic rings. The maximum atomic E-state index is 13.2. The first-order chi connectivity index (χ1) is 25.0. The molecule has 5 saturated carbocycles. The lowest BCUT2D eigenvalue weighted by atomic mass is 9.73. The highest BCUT2D eigenvalue weighted by Crippen LogP contribution is 2.37. The number of rotatable bonds is 14. The molecule has 5 aliphatic carbocycles. The Labute approximate surface area is 306 Å². The van der Waals surface area contributed by atoms with Gasteiger partial charge in [0.05, 0.1) is 74.8 Å². The van der Waals surface area contributed by atoms with Crippen molar-refractivity contribution in [3.8, 4) is 0 Å². The first-order valence-corrected chi connectivity index (χ1v) is 19.6. The van der Waals surface area contributed by atoms with E-state index in [0.717, 1.165) is 77.0 Å². The maximum Gasteiger partial charge on any atom is 0.308 e. The predicted molar refractivity (Wildman–Crippen MR) is 185 cm³/mol. The molecule has 1 amide bonds. The zero-order valence-electron chi connectivity index (χ0n) is 30.8. The fourth-order valence-corrected chi connectivity index (χ4v) is 9.38. The molecule has 0 saturated heterocycles. The smallest absolute Gasteiger partial charge is 0.308 e. The molecule has 294 valence electrons. The van der Waals surface area contributed by atoms with Crippen molar-refractivity contribution in [2.45, 2.75) is 152 Å². The van der Waals surface area contributed by atoms with Crippen molar-refractivity contribution < 1.29 is 58.0 Å². The van der Waals surface area contributed by atoms with Crippen LogP contribution in [-0.4, -0.2) is 97.3 Å². The van der Waals surface area contributed by atoms with E-state index in [1.807, 2.05) is 0 Å². The number of methoxy groups -OCH3 is 2. The molecule has 5 fully saturated rings. The number of ether oxygens (including phenoxy) is 4. The first-order valence-electron chi connectivity index (χ1n) is 19.6. The molecule has 0 aliphatic heterocycles. The Bertz CT molecular complexity index is 1210. The van der Waals surface area contributed by atoms with E-state index in [1.54, 1.807) is 0 Å². The van der Waals surface area contributed by atoms with Crippen LogP contribution in [0.5, 0.6) is 0 Å². The molecular formula is C38H60N2O12. The van der Waals surface area contributed by atoms with Gasteiger partial charge in [-0.25, -0.2) is 0 Å². The second-order valence-corrected chi connectivity index (χ2v) is 15.9. The fourth-order valence-electron chi connectivity index (χ4n) is 9.38. The number of hydroxylamine groups is 1. The quantitative estimate of drug-likeness (QED) is 0.147. The Morgan fingerprint density at radius 1 is 0.538 bits per heavy atom. The molecule has 0 bridgehead atoms. The molecule has 4 N–H and O–H groups in total. The minimum Gasteiger partial charge on any atom is -0.481 e. The van der Waals surface area contributed by atoms with E-state index >= 15 is 0 Å². The number of nitrogens with one attached hydrogen (secondary N) is 2. The third-order valence-corrected chi connectivity index (χ3v) is 12.5. The maximum absolute atomic E-state index is 13.2. The van der Waals surface area contributed by atoms with Crippen LogP contribution in [0.25, 0.3) is 0 Å². The summed E-state index contributed by atoms with van der Waals surface area (Å²) in [6, 6.07) is 0.159. The van der Waals surface area contributed by atoms with E-state index in [-0.39, 0.29) is 85.6 Å². The Hall–Kier alpha value is -2.81. The highest BCUT2D eigenvalue weighted by molar-refractivity contribution is 5.86. The van der Waals surface area contributed by atoms with Crippen LogP contribution in [0.1, 0.15) is 116 Å². The monoisotopic (exact) mass is 736 g/mol. The lowest BCUT2D eigenvalue weighted by molar-refractivity contribution is -0.155. The number of hydrogen-bond donors (Lipinski definition) is 4.